The molecule has 0 radical (unpaired) electrons. The molecule has 0 spiro atoms. The monoisotopic (exact) mass is 255 g/mol. The zero-order valence-electron chi connectivity index (χ0n) is 9.05. The summed E-state index contributed by atoms with van der Waals surface area (Å²) in [6.07, 6.45) is 3.06. The van der Waals surface area contributed by atoms with Gasteiger partial charge in [0.05, 0.1) is 24.0 Å². The number of benzene rings is 1. The lowest BCUT2D eigenvalue weighted by atomic mass is 10.1. The molecule has 1 rings (SSSR count). The van der Waals surface area contributed by atoms with Crippen LogP contribution in [0.4, 0.5) is 5.69 Å². The molecule has 17 heavy (non-hydrogen) atoms. The molecule has 0 unspecified atom stereocenters. The van der Waals surface area contributed by atoms with Gasteiger partial charge in [0.2, 0.25) is 0 Å². The van der Waals surface area contributed by atoms with Gasteiger partial charge < -0.3 is 4.74 Å². The van der Waals surface area contributed by atoms with Crippen molar-refractivity contribution in [2.75, 3.05) is 7.11 Å². The van der Waals surface area contributed by atoms with Crippen molar-refractivity contribution in [1.82, 2.24) is 0 Å². The summed E-state index contributed by atoms with van der Waals surface area (Å²) in [6, 6.07) is 4.33. The van der Waals surface area contributed by atoms with Crippen LogP contribution in [0.3, 0.4) is 0 Å². The van der Waals surface area contributed by atoms with E-state index >= 15 is 0 Å². The molecule has 0 aliphatic heterocycles. The van der Waals surface area contributed by atoms with E-state index < -0.39 is 10.9 Å². The summed E-state index contributed by atoms with van der Waals surface area (Å²) < 4.78 is 4.44. The normalized spacial score (nSPS) is 10.5. The molecule has 0 saturated carbocycles. The first-order chi connectivity index (χ1) is 8.04. The number of hydrogen-bond acceptors (Lipinski definition) is 4. The molecule has 1 aromatic rings. The van der Waals surface area contributed by atoms with Gasteiger partial charge in [-0.15, -0.1) is 0 Å². The van der Waals surface area contributed by atoms with Crippen LogP contribution < -0.4 is 0 Å². The lowest BCUT2D eigenvalue weighted by Crippen LogP contribution is -1.97. The molecule has 90 valence electrons. The van der Waals surface area contributed by atoms with Gasteiger partial charge in [-0.3, -0.25) is 14.9 Å². The Balaban J connectivity index is 2.90. The summed E-state index contributed by atoms with van der Waals surface area (Å²) in [6.45, 7) is 0. The van der Waals surface area contributed by atoms with Crippen molar-refractivity contribution >= 4 is 29.3 Å². The van der Waals surface area contributed by atoms with E-state index in [-0.39, 0.29) is 12.1 Å². The molecule has 0 aromatic heterocycles. The summed E-state index contributed by atoms with van der Waals surface area (Å²) in [4.78, 5) is 21.1. The SMILES string of the molecule is COC(=O)CC=Cc1ccc(Cl)cc1[N+](=O)[O-]. The van der Waals surface area contributed by atoms with Gasteiger partial charge in [-0.05, 0) is 12.1 Å². The van der Waals surface area contributed by atoms with Crippen LogP contribution in [0.1, 0.15) is 12.0 Å². The number of ether oxygens (including phenoxy) is 1. The van der Waals surface area contributed by atoms with Crippen molar-refractivity contribution in [2.24, 2.45) is 0 Å². The molecule has 0 aliphatic carbocycles. The van der Waals surface area contributed by atoms with Gasteiger partial charge in [-0.1, -0.05) is 23.8 Å². The highest BCUT2D eigenvalue weighted by Crippen LogP contribution is 2.24. The second-order valence-electron chi connectivity index (χ2n) is 3.14. The van der Waals surface area contributed by atoms with Crippen LogP contribution in [-0.2, 0) is 9.53 Å². The van der Waals surface area contributed by atoms with Gasteiger partial charge in [0, 0.05) is 11.1 Å². The average molecular weight is 256 g/mol. The maximum absolute atomic E-state index is 10.8. The van der Waals surface area contributed by atoms with Crippen LogP contribution in [0.25, 0.3) is 6.08 Å². The molecule has 0 fully saturated rings. The largest absolute Gasteiger partial charge is 0.469 e. The second kappa shape index (κ2) is 6.00. The number of rotatable bonds is 4. The fourth-order valence-electron chi connectivity index (χ4n) is 1.18. The highest BCUT2D eigenvalue weighted by Gasteiger charge is 2.11. The number of esters is 1. The predicted molar refractivity (Wildman–Crippen MR) is 63.8 cm³/mol. The molecule has 5 nitrogen and oxygen atoms in total. The van der Waals surface area contributed by atoms with Gasteiger partial charge in [0.15, 0.2) is 0 Å². The molecule has 0 heterocycles. The molecule has 0 saturated heterocycles. The minimum atomic E-state index is -0.524. The van der Waals surface area contributed by atoms with Gasteiger partial charge in [0.1, 0.15) is 0 Å². The molecule has 0 bridgehead atoms. The molecular formula is C11H10ClNO4. The van der Waals surface area contributed by atoms with E-state index in [2.05, 4.69) is 4.74 Å². The van der Waals surface area contributed by atoms with Crippen LogP contribution in [0.15, 0.2) is 24.3 Å². The van der Waals surface area contributed by atoms with Crippen LogP contribution >= 0.6 is 11.6 Å². The fraction of sp³-hybridized carbons (Fsp3) is 0.182. The fourth-order valence-corrected chi connectivity index (χ4v) is 1.35. The maximum atomic E-state index is 10.8. The Morgan fingerprint density at radius 1 is 1.59 bits per heavy atom. The highest BCUT2D eigenvalue weighted by molar-refractivity contribution is 6.30. The van der Waals surface area contributed by atoms with Crippen LogP contribution in [0, 0.1) is 10.1 Å². The first-order valence-electron chi connectivity index (χ1n) is 4.72. The molecule has 0 atom stereocenters. The zero-order valence-corrected chi connectivity index (χ0v) is 9.81. The Hall–Kier alpha value is -1.88. The van der Waals surface area contributed by atoms with Crippen molar-refractivity contribution in [3.8, 4) is 0 Å². The summed E-state index contributed by atoms with van der Waals surface area (Å²) in [5.41, 5.74) is 0.293. The average Bonchev–Trinajstić information content (AvgIpc) is 2.30. The third kappa shape index (κ3) is 3.88. The molecule has 0 N–H and O–H groups in total. The van der Waals surface area contributed by atoms with Crippen LogP contribution in [0.2, 0.25) is 5.02 Å². The van der Waals surface area contributed by atoms with Gasteiger partial charge in [0.25, 0.3) is 5.69 Å². The lowest BCUT2D eigenvalue weighted by molar-refractivity contribution is -0.385. The van der Waals surface area contributed by atoms with Crippen LogP contribution in [0.5, 0.6) is 0 Å². The Bertz CT molecular complexity index is 471. The first-order valence-corrected chi connectivity index (χ1v) is 5.09. The van der Waals surface area contributed by atoms with E-state index in [4.69, 9.17) is 11.6 Å². The topological polar surface area (TPSA) is 69.4 Å². The van der Waals surface area contributed by atoms with E-state index in [1.807, 2.05) is 0 Å². The number of nitro groups is 1. The number of carbonyl (C=O) groups excluding carboxylic acids is 1. The summed E-state index contributed by atoms with van der Waals surface area (Å²) in [7, 11) is 1.28. The number of methoxy groups -OCH3 is 1. The summed E-state index contributed by atoms with van der Waals surface area (Å²) in [5, 5.41) is 11.0. The van der Waals surface area contributed by atoms with Crippen molar-refractivity contribution in [3.63, 3.8) is 0 Å². The quantitative estimate of drug-likeness (QED) is 0.471. The molecule has 0 aliphatic rings. The van der Waals surface area contributed by atoms with Gasteiger partial charge >= 0.3 is 5.97 Å². The standard InChI is InChI=1S/C11H10ClNO4/c1-17-11(14)4-2-3-8-5-6-9(12)7-10(8)13(15)16/h2-3,5-7H,4H2,1H3. The number of halogens is 1. The number of nitrogens with zero attached hydrogens (tertiary/aromatic N) is 1. The lowest BCUT2D eigenvalue weighted by Gasteiger charge is -1.98. The third-order valence-corrected chi connectivity index (χ3v) is 2.23. The van der Waals surface area contributed by atoms with E-state index in [9.17, 15) is 14.9 Å². The summed E-state index contributed by atoms with van der Waals surface area (Å²) >= 11 is 5.67. The Morgan fingerprint density at radius 2 is 2.29 bits per heavy atom. The number of nitro benzene ring substituents is 1. The second-order valence-corrected chi connectivity index (χ2v) is 3.58. The van der Waals surface area contributed by atoms with Crippen molar-refractivity contribution in [3.05, 3.63) is 45.0 Å². The molecule has 1 aromatic carbocycles. The third-order valence-electron chi connectivity index (χ3n) is 2.00. The molecule has 6 heteroatoms. The Morgan fingerprint density at radius 3 is 2.88 bits per heavy atom. The van der Waals surface area contributed by atoms with E-state index in [0.29, 0.717) is 10.6 Å². The minimum Gasteiger partial charge on any atom is -0.469 e. The smallest absolute Gasteiger partial charge is 0.309 e. The number of carbonyl (C=O) groups is 1. The van der Waals surface area contributed by atoms with Crippen molar-refractivity contribution < 1.29 is 14.5 Å². The molecular weight excluding hydrogens is 246 g/mol. The van der Waals surface area contributed by atoms with Crippen LogP contribution in [-0.4, -0.2) is 18.0 Å². The van der Waals surface area contributed by atoms with E-state index in [0.717, 1.165) is 0 Å². The highest BCUT2D eigenvalue weighted by atomic mass is 35.5. The Labute approximate surface area is 103 Å². The van der Waals surface area contributed by atoms with Crippen molar-refractivity contribution in [1.29, 1.82) is 0 Å². The molecule has 0 amide bonds. The van der Waals surface area contributed by atoms with Crippen molar-refractivity contribution in [2.45, 2.75) is 6.42 Å². The van der Waals surface area contributed by atoms with Gasteiger partial charge in [-0.2, -0.15) is 0 Å². The maximum Gasteiger partial charge on any atom is 0.309 e. The van der Waals surface area contributed by atoms with Gasteiger partial charge in [-0.25, -0.2) is 0 Å². The number of hydrogen-bond donors (Lipinski definition) is 0. The first kappa shape index (κ1) is 13.2. The Kier molecular flexibility index (Phi) is 4.66. The zero-order chi connectivity index (χ0) is 12.8. The minimum absolute atomic E-state index is 0.0658. The van der Waals surface area contributed by atoms with E-state index in [1.165, 1.54) is 31.4 Å². The summed E-state index contributed by atoms with van der Waals surface area (Å²) in [5.74, 6) is -0.405. The van der Waals surface area contributed by atoms with E-state index in [1.54, 1.807) is 6.07 Å². The predicted octanol–water partition coefficient (Wildman–Crippen LogP) is 2.82.